The molecule has 30 heavy (non-hydrogen) atoms. The Morgan fingerprint density at radius 2 is 1.93 bits per heavy atom. The highest BCUT2D eigenvalue weighted by Crippen LogP contribution is 2.28. The molecule has 158 valence electrons. The van der Waals surface area contributed by atoms with Gasteiger partial charge in [0.05, 0.1) is 22.2 Å². The second-order valence-electron chi connectivity index (χ2n) is 5.89. The van der Waals surface area contributed by atoms with Gasteiger partial charge >= 0.3 is 0 Å². The predicted octanol–water partition coefficient (Wildman–Crippen LogP) is 5.21. The van der Waals surface area contributed by atoms with Gasteiger partial charge in [0.25, 0.3) is 24.4 Å². The van der Waals surface area contributed by atoms with E-state index in [4.69, 9.17) is 16.0 Å². The third-order valence-corrected chi connectivity index (χ3v) is 4.21. The number of nitro groups is 1. The lowest BCUT2D eigenvalue weighted by Gasteiger charge is -2.06. The minimum Gasteiger partial charge on any atom is -0.454 e. The first-order valence-corrected chi connectivity index (χ1v) is 8.51. The zero-order chi connectivity index (χ0) is 22.0. The summed E-state index contributed by atoms with van der Waals surface area (Å²) in [6.07, 6.45) is -6.07. The van der Waals surface area contributed by atoms with Crippen molar-refractivity contribution in [2.45, 2.75) is 19.4 Å². The SMILES string of the molecule is O=C(Nc1cc([N+](=O)[O-])ccc1Cl)c1ccc(Cn2nc(C(F)F)cc2C(F)F)o1. The van der Waals surface area contributed by atoms with Crippen molar-refractivity contribution in [2.75, 3.05) is 5.32 Å². The second kappa shape index (κ2) is 8.53. The zero-order valence-electron chi connectivity index (χ0n) is 14.7. The molecule has 0 aliphatic heterocycles. The molecule has 0 saturated carbocycles. The topological polar surface area (TPSA) is 103 Å². The summed E-state index contributed by atoms with van der Waals surface area (Å²) in [4.78, 5) is 22.5. The summed E-state index contributed by atoms with van der Waals surface area (Å²) >= 11 is 5.91. The van der Waals surface area contributed by atoms with Gasteiger partial charge in [-0.15, -0.1) is 0 Å². The number of anilines is 1. The molecule has 0 fully saturated rings. The minimum absolute atomic E-state index is 0.00361. The monoisotopic (exact) mass is 446 g/mol. The van der Waals surface area contributed by atoms with Crippen LogP contribution in [-0.2, 0) is 6.54 Å². The standard InChI is InChI=1S/C17H11ClF4N4O4/c18-10-3-1-8(26(28)29)5-11(10)23-17(27)14-4-2-9(30-14)7-25-13(16(21)22)6-12(24-25)15(19)20/h1-6,15-16H,7H2,(H,23,27). The van der Waals surface area contributed by atoms with Crippen LogP contribution in [-0.4, -0.2) is 20.6 Å². The number of benzene rings is 1. The van der Waals surface area contributed by atoms with E-state index in [9.17, 15) is 32.5 Å². The van der Waals surface area contributed by atoms with Crippen molar-refractivity contribution in [3.05, 3.63) is 74.4 Å². The smallest absolute Gasteiger partial charge is 0.291 e. The first kappa shape index (κ1) is 21.3. The fourth-order valence-corrected chi connectivity index (χ4v) is 2.66. The lowest BCUT2D eigenvalue weighted by molar-refractivity contribution is -0.384. The number of nitro benzene ring substituents is 1. The Balaban J connectivity index is 1.78. The molecule has 0 bridgehead atoms. The number of hydrogen-bond donors (Lipinski definition) is 1. The first-order valence-electron chi connectivity index (χ1n) is 8.13. The number of furan rings is 1. The maximum atomic E-state index is 13.0. The van der Waals surface area contributed by atoms with Gasteiger partial charge in [-0.3, -0.25) is 19.6 Å². The van der Waals surface area contributed by atoms with Gasteiger partial charge in [0.2, 0.25) is 0 Å². The molecule has 1 amide bonds. The van der Waals surface area contributed by atoms with Gasteiger partial charge in [-0.25, -0.2) is 17.6 Å². The average molecular weight is 447 g/mol. The Kier molecular flexibility index (Phi) is 6.06. The van der Waals surface area contributed by atoms with Crippen molar-refractivity contribution in [3.63, 3.8) is 0 Å². The zero-order valence-corrected chi connectivity index (χ0v) is 15.4. The van der Waals surface area contributed by atoms with Crippen molar-refractivity contribution >= 4 is 28.9 Å². The highest BCUT2D eigenvalue weighted by Gasteiger charge is 2.22. The number of nitrogens with zero attached hydrogens (tertiary/aromatic N) is 3. The van der Waals surface area contributed by atoms with Gasteiger partial charge in [-0.2, -0.15) is 5.10 Å². The van der Waals surface area contributed by atoms with Crippen molar-refractivity contribution in [2.24, 2.45) is 0 Å². The molecule has 0 aliphatic rings. The molecule has 3 aromatic rings. The number of alkyl halides is 4. The summed E-state index contributed by atoms with van der Waals surface area (Å²) in [6.45, 7) is -0.419. The highest BCUT2D eigenvalue weighted by molar-refractivity contribution is 6.34. The molecule has 0 unspecified atom stereocenters. The van der Waals surface area contributed by atoms with Gasteiger partial charge in [-0.1, -0.05) is 11.6 Å². The van der Waals surface area contributed by atoms with Crippen LogP contribution < -0.4 is 5.32 Å². The number of carbonyl (C=O) groups is 1. The van der Waals surface area contributed by atoms with Crippen LogP contribution in [0.5, 0.6) is 0 Å². The molecule has 0 aliphatic carbocycles. The van der Waals surface area contributed by atoms with E-state index in [-0.39, 0.29) is 27.9 Å². The predicted molar refractivity (Wildman–Crippen MR) is 96.0 cm³/mol. The first-order chi connectivity index (χ1) is 14.2. The highest BCUT2D eigenvalue weighted by atomic mass is 35.5. The Morgan fingerprint density at radius 1 is 1.20 bits per heavy atom. The van der Waals surface area contributed by atoms with Gasteiger partial charge < -0.3 is 9.73 Å². The van der Waals surface area contributed by atoms with Gasteiger partial charge in [0.15, 0.2) is 5.76 Å². The van der Waals surface area contributed by atoms with E-state index >= 15 is 0 Å². The van der Waals surface area contributed by atoms with E-state index in [2.05, 4.69) is 10.4 Å². The summed E-state index contributed by atoms with van der Waals surface area (Å²) in [7, 11) is 0. The molecular weight excluding hydrogens is 436 g/mol. The van der Waals surface area contributed by atoms with Crippen LogP contribution in [0, 0.1) is 10.1 Å². The molecular formula is C17H11ClF4N4O4. The number of amides is 1. The lowest BCUT2D eigenvalue weighted by Crippen LogP contribution is -2.11. The molecule has 8 nitrogen and oxygen atoms in total. The van der Waals surface area contributed by atoms with Crippen molar-refractivity contribution in [3.8, 4) is 0 Å². The Morgan fingerprint density at radius 3 is 2.57 bits per heavy atom. The normalized spacial score (nSPS) is 11.3. The molecule has 13 heteroatoms. The number of halogens is 5. The number of carbonyl (C=O) groups excluding carboxylic acids is 1. The van der Waals surface area contributed by atoms with Crippen LogP contribution in [0.2, 0.25) is 5.02 Å². The largest absolute Gasteiger partial charge is 0.454 e. The molecule has 3 rings (SSSR count). The van der Waals surface area contributed by atoms with E-state index < -0.39 is 41.6 Å². The molecule has 0 radical (unpaired) electrons. The molecule has 1 aromatic carbocycles. The number of rotatable bonds is 7. The fourth-order valence-electron chi connectivity index (χ4n) is 2.50. The van der Waals surface area contributed by atoms with E-state index in [0.717, 1.165) is 12.1 Å². The fraction of sp³-hybridized carbons (Fsp3) is 0.176. The van der Waals surface area contributed by atoms with Gasteiger partial charge in [-0.05, 0) is 24.3 Å². The molecule has 2 heterocycles. The molecule has 0 saturated heterocycles. The molecule has 0 spiro atoms. The summed E-state index contributed by atoms with van der Waals surface area (Å²) in [5.41, 5.74) is -1.88. The van der Waals surface area contributed by atoms with Crippen LogP contribution >= 0.6 is 11.6 Å². The second-order valence-corrected chi connectivity index (χ2v) is 6.30. The van der Waals surface area contributed by atoms with Crippen LogP contribution in [0.15, 0.2) is 40.8 Å². The number of hydrogen-bond acceptors (Lipinski definition) is 5. The summed E-state index contributed by atoms with van der Waals surface area (Å²) in [6, 6.07) is 6.53. The summed E-state index contributed by atoms with van der Waals surface area (Å²) in [5, 5.41) is 16.6. The van der Waals surface area contributed by atoms with E-state index in [1.165, 1.54) is 18.2 Å². The Hall–Kier alpha value is -3.41. The van der Waals surface area contributed by atoms with Crippen LogP contribution in [0.25, 0.3) is 0 Å². The average Bonchev–Trinajstić information content (AvgIpc) is 3.31. The van der Waals surface area contributed by atoms with Crippen LogP contribution in [0.1, 0.15) is 40.6 Å². The maximum Gasteiger partial charge on any atom is 0.291 e. The van der Waals surface area contributed by atoms with Gasteiger partial charge in [0.1, 0.15) is 17.1 Å². The third-order valence-electron chi connectivity index (χ3n) is 3.88. The summed E-state index contributed by atoms with van der Waals surface area (Å²) < 4.78 is 57.5. The van der Waals surface area contributed by atoms with E-state index in [1.54, 1.807) is 0 Å². The Bertz CT molecular complexity index is 1100. The maximum absolute atomic E-state index is 13.0. The van der Waals surface area contributed by atoms with Crippen LogP contribution in [0.4, 0.5) is 28.9 Å². The third kappa shape index (κ3) is 4.59. The number of non-ortho nitro benzene ring substituents is 1. The van der Waals surface area contributed by atoms with Crippen molar-refractivity contribution < 1.29 is 31.7 Å². The van der Waals surface area contributed by atoms with Crippen molar-refractivity contribution in [1.82, 2.24) is 9.78 Å². The number of aromatic nitrogens is 2. The van der Waals surface area contributed by atoms with Crippen LogP contribution in [0.3, 0.4) is 0 Å². The Labute approximate surface area is 170 Å². The minimum atomic E-state index is -3.04. The quantitative estimate of drug-likeness (QED) is 0.305. The van der Waals surface area contributed by atoms with Crippen molar-refractivity contribution in [1.29, 1.82) is 0 Å². The van der Waals surface area contributed by atoms with E-state index in [1.807, 2.05) is 0 Å². The molecule has 1 N–H and O–H groups in total. The van der Waals surface area contributed by atoms with Gasteiger partial charge in [0, 0.05) is 12.1 Å². The summed E-state index contributed by atoms with van der Waals surface area (Å²) in [5.74, 6) is -1.07. The molecule has 2 aromatic heterocycles. The lowest BCUT2D eigenvalue weighted by atomic mass is 10.2. The number of nitrogens with one attached hydrogen (secondary N) is 1. The van der Waals surface area contributed by atoms with E-state index in [0.29, 0.717) is 10.7 Å². The molecule has 0 atom stereocenters.